The Morgan fingerprint density at radius 3 is 2.70 bits per heavy atom. The standard InChI is InChI=1S/C18H17N3OS/c1-12-13(2)23-17-16(12)18(22)21(10-6-9-19)15(20-17)11-14-7-4-3-5-8-14/h3-5,7-8H,6,10-11H2,1-2H3. The van der Waals surface area contributed by atoms with Gasteiger partial charge in [0, 0.05) is 17.8 Å². The van der Waals surface area contributed by atoms with Crippen LogP contribution in [0.1, 0.15) is 28.2 Å². The normalized spacial score (nSPS) is 10.8. The Labute approximate surface area is 138 Å². The molecule has 0 aliphatic heterocycles. The zero-order valence-electron chi connectivity index (χ0n) is 13.2. The van der Waals surface area contributed by atoms with E-state index in [9.17, 15) is 4.79 Å². The molecule has 2 heterocycles. The molecule has 4 nitrogen and oxygen atoms in total. The minimum Gasteiger partial charge on any atom is -0.295 e. The number of aryl methyl sites for hydroxylation is 2. The molecular formula is C18H17N3OS. The monoisotopic (exact) mass is 323 g/mol. The molecule has 0 unspecified atom stereocenters. The van der Waals surface area contributed by atoms with Gasteiger partial charge in [-0.2, -0.15) is 5.26 Å². The molecule has 23 heavy (non-hydrogen) atoms. The van der Waals surface area contributed by atoms with E-state index in [0.29, 0.717) is 24.8 Å². The molecule has 0 spiro atoms. The van der Waals surface area contributed by atoms with Crippen molar-refractivity contribution >= 4 is 21.6 Å². The van der Waals surface area contributed by atoms with E-state index >= 15 is 0 Å². The maximum absolute atomic E-state index is 12.9. The third-order valence-corrected chi connectivity index (χ3v) is 5.12. The van der Waals surface area contributed by atoms with Crippen LogP contribution in [0.4, 0.5) is 0 Å². The van der Waals surface area contributed by atoms with Gasteiger partial charge in [0.1, 0.15) is 10.7 Å². The van der Waals surface area contributed by atoms with Crippen LogP contribution in [-0.2, 0) is 13.0 Å². The summed E-state index contributed by atoms with van der Waals surface area (Å²) in [6.07, 6.45) is 0.893. The summed E-state index contributed by atoms with van der Waals surface area (Å²) in [5, 5.41) is 9.58. The first kappa shape index (κ1) is 15.4. The molecule has 116 valence electrons. The summed E-state index contributed by atoms with van der Waals surface area (Å²) in [5.74, 6) is 0.727. The quantitative estimate of drug-likeness (QED) is 0.737. The van der Waals surface area contributed by atoms with E-state index < -0.39 is 0 Å². The summed E-state index contributed by atoms with van der Waals surface area (Å²) in [6.45, 7) is 4.36. The Morgan fingerprint density at radius 2 is 2.00 bits per heavy atom. The molecule has 3 aromatic rings. The zero-order valence-corrected chi connectivity index (χ0v) is 14.0. The van der Waals surface area contributed by atoms with Gasteiger partial charge in [0.25, 0.3) is 5.56 Å². The molecule has 0 N–H and O–H groups in total. The van der Waals surface area contributed by atoms with Crippen molar-refractivity contribution in [1.29, 1.82) is 5.26 Å². The van der Waals surface area contributed by atoms with Crippen molar-refractivity contribution in [2.45, 2.75) is 33.2 Å². The Balaban J connectivity index is 2.18. The van der Waals surface area contributed by atoms with Gasteiger partial charge in [0.05, 0.1) is 17.9 Å². The molecule has 0 bridgehead atoms. The lowest BCUT2D eigenvalue weighted by molar-refractivity contribution is 0.639. The zero-order chi connectivity index (χ0) is 16.4. The lowest BCUT2D eigenvalue weighted by Crippen LogP contribution is -2.25. The van der Waals surface area contributed by atoms with Gasteiger partial charge in [-0.1, -0.05) is 30.3 Å². The van der Waals surface area contributed by atoms with Crippen molar-refractivity contribution in [3.63, 3.8) is 0 Å². The third-order valence-electron chi connectivity index (χ3n) is 4.02. The predicted octanol–water partition coefficient (Wildman–Crippen LogP) is 3.58. The van der Waals surface area contributed by atoms with Crippen molar-refractivity contribution in [3.05, 3.63) is 62.5 Å². The molecule has 0 amide bonds. The molecule has 0 fully saturated rings. The average Bonchev–Trinajstić information content (AvgIpc) is 2.83. The minimum absolute atomic E-state index is 0.0296. The number of nitriles is 1. The van der Waals surface area contributed by atoms with Crippen LogP contribution in [0.5, 0.6) is 0 Å². The van der Waals surface area contributed by atoms with Gasteiger partial charge in [-0.25, -0.2) is 4.98 Å². The highest BCUT2D eigenvalue weighted by Crippen LogP contribution is 2.26. The highest BCUT2D eigenvalue weighted by atomic mass is 32.1. The van der Waals surface area contributed by atoms with E-state index in [1.807, 2.05) is 44.2 Å². The number of hydrogen-bond acceptors (Lipinski definition) is 4. The Bertz CT molecular complexity index is 948. The molecule has 1 aromatic carbocycles. The summed E-state index contributed by atoms with van der Waals surface area (Å²) < 4.78 is 1.66. The number of fused-ring (bicyclic) bond motifs is 1. The van der Waals surface area contributed by atoms with Crippen LogP contribution < -0.4 is 5.56 Å². The number of aromatic nitrogens is 2. The number of thiophene rings is 1. The first-order chi connectivity index (χ1) is 11.1. The van der Waals surface area contributed by atoms with E-state index in [1.165, 1.54) is 0 Å². The Hall–Kier alpha value is -2.45. The van der Waals surface area contributed by atoms with Crippen LogP contribution in [0.3, 0.4) is 0 Å². The third kappa shape index (κ3) is 2.90. The Kier molecular flexibility index (Phi) is 4.26. The van der Waals surface area contributed by atoms with Crippen molar-refractivity contribution in [2.24, 2.45) is 0 Å². The topological polar surface area (TPSA) is 58.7 Å². The van der Waals surface area contributed by atoms with Crippen molar-refractivity contribution < 1.29 is 0 Å². The van der Waals surface area contributed by atoms with Crippen LogP contribution in [0, 0.1) is 25.2 Å². The highest BCUT2D eigenvalue weighted by molar-refractivity contribution is 7.18. The van der Waals surface area contributed by atoms with Crippen LogP contribution >= 0.6 is 11.3 Å². The fraction of sp³-hybridized carbons (Fsp3) is 0.278. The largest absolute Gasteiger partial charge is 0.295 e. The predicted molar refractivity (Wildman–Crippen MR) is 92.8 cm³/mol. The van der Waals surface area contributed by atoms with Gasteiger partial charge in [0.2, 0.25) is 0 Å². The fourth-order valence-electron chi connectivity index (χ4n) is 2.68. The maximum atomic E-state index is 12.9. The maximum Gasteiger partial charge on any atom is 0.262 e. The highest BCUT2D eigenvalue weighted by Gasteiger charge is 2.16. The van der Waals surface area contributed by atoms with Gasteiger partial charge >= 0.3 is 0 Å². The molecule has 0 aliphatic carbocycles. The van der Waals surface area contributed by atoms with Crippen LogP contribution in [-0.4, -0.2) is 9.55 Å². The molecule has 0 aliphatic rings. The smallest absolute Gasteiger partial charge is 0.262 e. The number of benzene rings is 1. The average molecular weight is 323 g/mol. The summed E-state index contributed by atoms with van der Waals surface area (Å²) in [7, 11) is 0. The summed E-state index contributed by atoms with van der Waals surface area (Å²) in [5.41, 5.74) is 2.08. The molecule has 0 saturated carbocycles. The van der Waals surface area contributed by atoms with Crippen LogP contribution in [0.15, 0.2) is 35.1 Å². The van der Waals surface area contributed by atoms with Crippen LogP contribution in [0.25, 0.3) is 10.2 Å². The number of hydrogen-bond donors (Lipinski definition) is 0. The Morgan fingerprint density at radius 1 is 1.26 bits per heavy atom. The second-order valence-corrected chi connectivity index (χ2v) is 6.72. The van der Waals surface area contributed by atoms with Crippen LogP contribution in [0.2, 0.25) is 0 Å². The van der Waals surface area contributed by atoms with E-state index in [-0.39, 0.29) is 5.56 Å². The molecule has 0 saturated heterocycles. The molecule has 3 rings (SSSR count). The van der Waals surface area contributed by atoms with Gasteiger partial charge in [-0.05, 0) is 25.0 Å². The van der Waals surface area contributed by atoms with E-state index in [2.05, 4.69) is 6.07 Å². The van der Waals surface area contributed by atoms with Crippen molar-refractivity contribution in [2.75, 3.05) is 0 Å². The fourth-order valence-corrected chi connectivity index (χ4v) is 3.71. The van der Waals surface area contributed by atoms with E-state index in [1.54, 1.807) is 15.9 Å². The number of rotatable bonds is 4. The van der Waals surface area contributed by atoms with E-state index in [4.69, 9.17) is 10.2 Å². The molecule has 2 aromatic heterocycles. The van der Waals surface area contributed by atoms with Gasteiger partial charge < -0.3 is 0 Å². The van der Waals surface area contributed by atoms with Gasteiger partial charge in [-0.3, -0.25) is 9.36 Å². The first-order valence-corrected chi connectivity index (χ1v) is 8.33. The van der Waals surface area contributed by atoms with Crippen molar-refractivity contribution in [3.8, 4) is 6.07 Å². The molecular weight excluding hydrogens is 306 g/mol. The first-order valence-electron chi connectivity index (χ1n) is 7.52. The summed E-state index contributed by atoms with van der Waals surface area (Å²) in [6, 6.07) is 12.1. The molecule has 0 radical (unpaired) electrons. The molecule has 5 heteroatoms. The SMILES string of the molecule is Cc1sc2nc(Cc3ccccc3)n(CCC#N)c(=O)c2c1C. The second kappa shape index (κ2) is 6.35. The number of nitrogens with zero attached hydrogens (tertiary/aromatic N) is 3. The van der Waals surface area contributed by atoms with Crippen molar-refractivity contribution in [1.82, 2.24) is 9.55 Å². The minimum atomic E-state index is -0.0296. The lowest BCUT2D eigenvalue weighted by atomic mass is 10.1. The summed E-state index contributed by atoms with van der Waals surface area (Å²) >= 11 is 1.56. The molecule has 0 atom stereocenters. The van der Waals surface area contributed by atoms with E-state index in [0.717, 1.165) is 26.7 Å². The second-order valence-electron chi connectivity index (χ2n) is 5.52. The van der Waals surface area contributed by atoms with Gasteiger partial charge in [0.15, 0.2) is 0 Å². The summed E-state index contributed by atoms with van der Waals surface area (Å²) in [4.78, 5) is 19.6. The lowest BCUT2D eigenvalue weighted by Gasteiger charge is -2.11. The van der Waals surface area contributed by atoms with Gasteiger partial charge in [-0.15, -0.1) is 11.3 Å².